The molecule has 1 aromatic carbocycles. The van der Waals surface area contributed by atoms with Gasteiger partial charge in [0.25, 0.3) is 5.91 Å². The number of nitrogens with zero attached hydrogens (tertiary/aromatic N) is 3. The molecule has 1 aliphatic rings. The maximum atomic E-state index is 12.6. The van der Waals surface area contributed by atoms with Crippen LogP contribution in [0.5, 0.6) is 0 Å². The first kappa shape index (κ1) is 18.6. The summed E-state index contributed by atoms with van der Waals surface area (Å²) in [6, 6.07) is 13.5. The quantitative estimate of drug-likeness (QED) is 0.461. The van der Waals surface area contributed by atoms with E-state index in [4.69, 9.17) is 12.2 Å². The zero-order valence-corrected chi connectivity index (χ0v) is 16.7. The molecule has 0 unspecified atom stereocenters. The number of para-hydroxylation sites is 1. The molecule has 0 aliphatic carbocycles. The van der Waals surface area contributed by atoms with Crippen molar-refractivity contribution in [1.29, 1.82) is 0 Å². The fraction of sp³-hybridized carbons (Fsp3) is 0.0526. The summed E-state index contributed by atoms with van der Waals surface area (Å²) < 4.78 is 1.96. The third-order valence-electron chi connectivity index (χ3n) is 3.97. The van der Waals surface area contributed by atoms with Gasteiger partial charge in [-0.15, -0.1) is 11.3 Å². The van der Waals surface area contributed by atoms with Crippen LogP contribution in [0.2, 0.25) is 0 Å². The lowest BCUT2D eigenvalue weighted by Gasteiger charge is -2.14. The van der Waals surface area contributed by atoms with Gasteiger partial charge in [-0.25, -0.2) is 4.68 Å². The largest absolute Gasteiger partial charge is 0.548 e. The number of benzene rings is 1. The van der Waals surface area contributed by atoms with E-state index in [2.05, 4.69) is 5.10 Å². The minimum atomic E-state index is -1.35. The first-order chi connectivity index (χ1) is 13.5. The van der Waals surface area contributed by atoms with Crippen LogP contribution in [-0.4, -0.2) is 37.4 Å². The van der Waals surface area contributed by atoms with Crippen LogP contribution in [0.4, 0.5) is 0 Å². The number of thiocarbonyl (C=S) groups is 1. The number of hydrogen-bond acceptors (Lipinski definition) is 7. The molecular weight excluding hydrogens is 414 g/mol. The molecule has 0 N–H and O–H groups in total. The van der Waals surface area contributed by atoms with Gasteiger partial charge in [0.15, 0.2) is 0 Å². The van der Waals surface area contributed by atoms with Crippen molar-refractivity contribution < 1.29 is 14.7 Å². The lowest BCUT2D eigenvalue weighted by molar-refractivity contribution is -0.305. The van der Waals surface area contributed by atoms with Crippen LogP contribution in [0.15, 0.2) is 58.9 Å². The van der Waals surface area contributed by atoms with Gasteiger partial charge in [0.1, 0.15) is 10.0 Å². The molecule has 28 heavy (non-hydrogen) atoms. The van der Waals surface area contributed by atoms with Crippen LogP contribution in [0, 0.1) is 0 Å². The molecule has 3 heterocycles. The number of aromatic nitrogens is 2. The Kier molecular flexibility index (Phi) is 5.12. The van der Waals surface area contributed by atoms with Gasteiger partial charge in [-0.3, -0.25) is 9.69 Å². The molecule has 4 rings (SSSR count). The fourth-order valence-electron chi connectivity index (χ4n) is 2.72. The molecule has 0 bridgehead atoms. The molecule has 1 aliphatic heterocycles. The Morgan fingerprint density at radius 1 is 1.21 bits per heavy atom. The average Bonchev–Trinajstić information content (AvgIpc) is 3.39. The molecule has 2 aromatic heterocycles. The molecule has 1 fully saturated rings. The molecule has 1 saturated heterocycles. The van der Waals surface area contributed by atoms with Crippen molar-refractivity contribution in [3.05, 3.63) is 64.5 Å². The van der Waals surface area contributed by atoms with Crippen molar-refractivity contribution in [3.8, 4) is 16.3 Å². The third-order valence-corrected chi connectivity index (χ3v) is 6.22. The SMILES string of the molecule is O=C([O-])CN1C(=O)C(=Cc2cn(-c3ccccc3)nc2-c2cccs2)SC1=S. The average molecular weight is 427 g/mol. The molecule has 0 saturated carbocycles. The number of carbonyl (C=O) groups excluding carboxylic acids is 2. The summed E-state index contributed by atoms with van der Waals surface area (Å²) in [7, 11) is 0. The number of amides is 1. The summed E-state index contributed by atoms with van der Waals surface area (Å²) in [6.07, 6.45) is 3.55. The van der Waals surface area contributed by atoms with E-state index in [1.807, 2.05) is 54.0 Å². The summed E-state index contributed by atoms with van der Waals surface area (Å²) in [4.78, 5) is 25.8. The van der Waals surface area contributed by atoms with E-state index in [0.29, 0.717) is 4.91 Å². The molecule has 0 spiro atoms. The lowest BCUT2D eigenvalue weighted by Crippen LogP contribution is -2.40. The molecule has 6 nitrogen and oxygen atoms in total. The maximum absolute atomic E-state index is 12.6. The monoisotopic (exact) mass is 426 g/mol. The highest BCUT2D eigenvalue weighted by atomic mass is 32.2. The first-order valence-corrected chi connectivity index (χ1v) is 10.3. The summed E-state index contributed by atoms with van der Waals surface area (Å²) in [5.74, 6) is -1.79. The third kappa shape index (κ3) is 3.64. The normalized spacial score (nSPS) is 15.6. The summed E-state index contributed by atoms with van der Waals surface area (Å²) in [5.41, 5.74) is 2.38. The van der Waals surface area contributed by atoms with Crippen LogP contribution in [0.1, 0.15) is 5.56 Å². The lowest BCUT2D eigenvalue weighted by atomic mass is 10.2. The van der Waals surface area contributed by atoms with Crippen molar-refractivity contribution in [1.82, 2.24) is 14.7 Å². The van der Waals surface area contributed by atoms with Gasteiger partial charge in [-0.05, 0) is 29.7 Å². The highest BCUT2D eigenvalue weighted by molar-refractivity contribution is 8.26. The Morgan fingerprint density at radius 2 is 2.00 bits per heavy atom. The van der Waals surface area contributed by atoms with Crippen molar-refractivity contribution in [2.24, 2.45) is 0 Å². The van der Waals surface area contributed by atoms with Gasteiger partial charge in [-0.1, -0.05) is 48.2 Å². The molecule has 3 aromatic rings. The topological polar surface area (TPSA) is 78.3 Å². The molecule has 9 heteroatoms. The Labute approximate surface area is 174 Å². The van der Waals surface area contributed by atoms with Crippen molar-refractivity contribution >= 4 is 57.6 Å². The van der Waals surface area contributed by atoms with Crippen LogP contribution >= 0.6 is 35.3 Å². The van der Waals surface area contributed by atoms with E-state index in [0.717, 1.165) is 38.5 Å². The van der Waals surface area contributed by atoms with E-state index in [9.17, 15) is 14.7 Å². The highest BCUT2D eigenvalue weighted by Crippen LogP contribution is 2.35. The number of aliphatic carboxylic acids is 1. The van der Waals surface area contributed by atoms with E-state index >= 15 is 0 Å². The molecule has 0 radical (unpaired) electrons. The van der Waals surface area contributed by atoms with Gasteiger partial charge in [-0.2, -0.15) is 5.10 Å². The molecule has 0 atom stereocenters. The predicted octanol–water partition coefficient (Wildman–Crippen LogP) is 2.55. The Balaban J connectivity index is 1.76. The number of carboxylic acids is 1. The van der Waals surface area contributed by atoms with Gasteiger partial charge < -0.3 is 9.90 Å². The Bertz CT molecular complexity index is 1090. The van der Waals surface area contributed by atoms with Crippen molar-refractivity contribution in [2.45, 2.75) is 0 Å². The van der Waals surface area contributed by atoms with Gasteiger partial charge >= 0.3 is 0 Å². The van der Waals surface area contributed by atoms with Crippen LogP contribution in [-0.2, 0) is 9.59 Å². The Morgan fingerprint density at radius 3 is 2.68 bits per heavy atom. The van der Waals surface area contributed by atoms with E-state index in [-0.39, 0.29) is 4.32 Å². The van der Waals surface area contributed by atoms with Crippen LogP contribution in [0.25, 0.3) is 22.3 Å². The fourth-order valence-corrected chi connectivity index (χ4v) is 4.69. The Hall–Kier alpha value is -2.75. The minimum absolute atomic E-state index is 0.202. The van der Waals surface area contributed by atoms with Crippen LogP contribution in [0.3, 0.4) is 0 Å². The summed E-state index contributed by atoms with van der Waals surface area (Å²) >= 11 is 7.76. The van der Waals surface area contributed by atoms with Gasteiger partial charge in [0.05, 0.1) is 28.0 Å². The second-order valence-electron chi connectivity index (χ2n) is 5.83. The number of thiophene rings is 1. The van der Waals surface area contributed by atoms with E-state index in [1.165, 1.54) is 0 Å². The summed E-state index contributed by atoms with van der Waals surface area (Å²) in [5, 5.41) is 17.5. The number of rotatable bonds is 5. The van der Waals surface area contributed by atoms with Crippen LogP contribution < -0.4 is 5.11 Å². The van der Waals surface area contributed by atoms with Crippen molar-refractivity contribution in [3.63, 3.8) is 0 Å². The zero-order valence-electron chi connectivity index (χ0n) is 14.3. The zero-order chi connectivity index (χ0) is 19.7. The molecule has 140 valence electrons. The number of carbonyl (C=O) groups is 2. The second-order valence-corrected chi connectivity index (χ2v) is 8.45. The number of carboxylic acid groups (broad SMARTS) is 1. The predicted molar refractivity (Wildman–Crippen MR) is 112 cm³/mol. The number of hydrogen-bond donors (Lipinski definition) is 0. The number of thioether (sulfide) groups is 1. The molecule has 1 amide bonds. The van der Waals surface area contributed by atoms with E-state index in [1.54, 1.807) is 22.1 Å². The van der Waals surface area contributed by atoms with E-state index < -0.39 is 18.4 Å². The first-order valence-electron chi connectivity index (χ1n) is 8.17. The minimum Gasteiger partial charge on any atom is -0.548 e. The highest BCUT2D eigenvalue weighted by Gasteiger charge is 2.32. The van der Waals surface area contributed by atoms with Gasteiger partial charge in [0.2, 0.25) is 0 Å². The molecular formula is C19H12N3O3S3-. The van der Waals surface area contributed by atoms with Crippen molar-refractivity contribution in [2.75, 3.05) is 6.54 Å². The smallest absolute Gasteiger partial charge is 0.266 e. The summed E-state index contributed by atoms with van der Waals surface area (Å²) in [6.45, 7) is -0.553. The van der Waals surface area contributed by atoms with Gasteiger partial charge in [0, 0.05) is 11.8 Å². The maximum Gasteiger partial charge on any atom is 0.266 e. The standard InChI is InChI=1S/C19H13N3O3S3/c23-16(24)11-21-18(25)15(28-19(21)26)9-12-10-22(13-5-2-1-3-6-13)20-17(12)14-7-4-8-27-14/h1-10H,11H2,(H,23,24)/p-1. The second kappa shape index (κ2) is 7.70.